The van der Waals surface area contributed by atoms with Crippen LogP contribution in [-0.2, 0) is 20.8 Å². The van der Waals surface area contributed by atoms with Crippen LogP contribution >= 0.6 is 0 Å². The molecule has 1 heterocycles. The SMILES string of the molecule is CS(=O)(=O)C1(C(=O)Nc2cc(C(F)(F)F)ccc2F)CCNCC1. The van der Waals surface area contributed by atoms with Gasteiger partial charge in [0.2, 0.25) is 5.91 Å². The number of benzene rings is 1. The van der Waals surface area contributed by atoms with E-state index in [1.165, 1.54) is 0 Å². The smallest absolute Gasteiger partial charge is 0.322 e. The maximum atomic E-state index is 13.8. The van der Waals surface area contributed by atoms with Gasteiger partial charge in [-0.05, 0) is 44.1 Å². The number of rotatable bonds is 3. The molecule has 10 heteroatoms. The van der Waals surface area contributed by atoms with Crippen molar-refractivity contribution < 1.29 is 30.8 Å². The van der Waals surface area contributed by atoms with E-state index in [4.69, 9.17) is 0 Å². The predicted molar refractivity (Wildman–Crippen MR) is 79.7 cm³/mol. The molecule has 1 aliphatic heterocycles. The quantitative estimate of drug-likeness (QED) is 0.800. The fourth-order valence-electron chi connectivity index (χ4n) is 2.63. The number of carbonyl (C=O) groups excluding carboxylic acids is 1. The zero-order chi connectivity index (χ0) is 18.2. The van der Waals surface area contributed by atoms with Crippen molar-refractivity contribution in [3.05, 3.63) is 29.6 Å². The van der Waals surface area contributed by atoms with Crippen LogP contribution in [-0.4, -0.2) is 38.4 Å². The zero-order valence-corrected chi connectivity index (χ0v) is 13.5. The number of hydrogen-bond acceptors (Lipinski definition) is 4. The first kappa shape index (κ1) is 18.7. The highest BCUT2D eigenvalue weighted by Gasteiger charge is 2.48. The maximum Gasteiger partial charge on any atom is 0.416 e. The lowest BCUT2D eigenvalue weighted by Gasteiger charge is -2.34. The lowest BCUT2D eigenvalue weighted by atomic mass is 9.95. The van der Waals surface area contributed by atoms with Crippen LogP contribution in [0.15, 0.2) is 18.2 Å². The fourth-order valence-corrected chi connectivity index (χ4v) is 3.96. The van der Waals surface area contributed by atoms with Crippen LogP contribution in [0.4, 0.5) is 23.2 Å². The molecule has 5 nitrogen and oxygen atoms in total. The Balaban J connectivity index is 2.37. The van der Waals surface area contributed by atoms with Crippen molar-refractivity contribution in [2.24, 2.45) is 0 Å². The molecule has 0 bridgehead atoms. The van der Waals surface area contributed by atoms with Crippen LogP contribution in [0.5, 0.6) is 0 Å². The van der Waals surface area contributed by atoms with Gasteiger partial charge in [0.05, 0.1) is 11.3 Å². The minimum absolute atomic E-state index is 0.0434. The summed E-state index contributed by atoms with van der Waals surface area (Å²) in [6.07, 6.45) is -3.91. The minimum atomic E-state index is -4.71. The predicted octanol–water partition coefficient (Wildman–Crippen LogP) is 1.95. The monoisotopic (exact) mass is 368 g/mol. The number of hydrogen-bond donors (Lipinski definition) is 2. The second-order valence-corrected chi connectivity index (χ2v) is 7.99. The summed E-state index contributed by atoms with van der Waals surface area (Å²) in [6.45, 7) is 0.511. The third-order valence-corrected chi connectivity index (χ3v) is 6.09. The van der Waals surface area contributed by atoms with Crippen LogP contribution in [0.2, 0.25) is 0 Å². The summed E-state index contributed by atoms with van der Waals surface area (Å²) in [5, 5.41) is 4.92. The molecular formula is C14H16F4N2O3S. The highest BCUT2D eigenvalue weighted by atomic mass is 32.2. The molecule has 1 fully saturated rings. The summed E-state index contributed by atoms with van der Waals surface area (Å²) in [5.74, 6) is -2.10. The number of sulfone groups is 1. The van der Waals surface area contributed by atoms with Crippen molar-refractivity contribution in [2.45, 2.75) is 23.8 Å². The second kappa shape index (κ2) is 6.32. The van der Waals surface area contributed by atoms with E-state index in [0.717, 1.165) is 6.26 Å². The highest BCUT2D eigenvalue weighted by molar-refractivity contribution is 7.92. The maximum absolute atomic E-state index is 13.8. The van der Waals surface area contributed by atoms with E-state index in [1.807, 2.05) is 5.32 Å². The number of carbonyl (C=O) groups is 1. The van der Waals surface area contributed by atoms with E-state index in [9.17, 15) is 30.8 Å². The van der Waals surface area contributed by atoms with Gasteiger partial charge in [-0.15, -0.1) is 0 Å². The van der Waals surface area contributed by atoms with Crippen LogP contribution in [0.1, 0.15) is 18.4 Å². The fraction of sp³-hybridized carbons (Fsp3) is 0.500. The molecule has 0 spiro atoms. The van der Waals surface area contributed by atoms with Crippen LogP contribution in [0.25, 0.3) is 0 Å². The normalized spacial score (nSPS) is 18.2. The van der Waals surface area contributed by atoms with Gasteiger partial charge in [-0.1, -0.05) is 0 Å². The minimum Gasteiger partial charge on any atom is -0.322 e. The first-order valence-corrected chi connectivity index (χ1v) is 8.95. The Morgan fingerprint density at radius 2 is 1.83 bits per heavy atom. The molecule has 2 N–H and O–H groups in total. The lowest BCUT2D eigenvalue weighted by Crippen LogP contribution is -2.55. The largest absolute Gasteiger partial charge is 0.416 e. The molecule has 2 rings (SSSR count). The third-order valence-electron chi connectivity index (χ3n) is 4.08. The van der Waals surface area contributed by atoms with E-state index in [1.54, 1.807) is 0 Å². The first-order chi connectivity index (χ1) is 11.0. The number of alkyl halides is 3. The number of halogens is 4. The van der Waals surface area contributed by atoms with Gasteiger partial charge >= 0.3 is 6.18 Å². The molecule has 134 valence electrons. The summed E-state index contributed by atoms with van der Waals surface area (Å²) in [7, 11) is -3.85. The molecule has 1 aliphatic rings. The standard InChI is InChI=1S/C14H16F4N2O3S/c1-24(22,23)13(4-6-19-7-5-13)12(21)20-11-8-9(14(16,17)18)2-3-10(11)15/h2-3,8,19H,4-7H2,1H3,(H,20,21). The Bertz CT molecular complexity index is 741. The van der Waals surface area contributed by atoms with Gasteiger partial charge in [0.1, 0.15) is 5.82 Å². The number of nitrogens with one attached hydrogen (secondary N) is 2. The molecule has 0 saturated carbocycles. The summed E-state index contributed by atoms with van der Waals surface area (Å²) in [6, 6.07) is 1.57. The van der Waals surface area contributed by atoms with Gasteiger partial charge in [0, 0.05) is 6.26 Å². The first-order valence-electron chi connectivity index (χ1n) is 7.06. The Hall–Kier alpha value is -1.68. The van der Waals surface area contributed by atoms with E-state index in [2.05, 4.69) is 5.32 Å². The molecule has 0 aromatic heterocycles. The van der Waals surface area contributed by atoms with Crippen molar-refractivity contribution in [3.63, 3.8) is 0 Å². The second-order valence-electron chi connectivity index (χ2n) is 5.66. The van der Waals surface area contributed by atoms with Crippen LogP contribution in [0.3, 0.4) is 0 Å². The molecule has 1 amide bonds. The van der Waals surface area contributed by atoms with Crippen LogP contribution in [0, 0.1) is 5.82 Å². The summed E-state index contributed by atoms with van der Waals surface area (Å²) in [4.78, 5) is 12.5. The van der Waals surface area contributed by atoms with Gasteiger partial charge in [-0.2, -0.15) is 13.2 Å². The molecule has 0 atom stereocenters. The highest BCUT2D eigenvalue weighted by Crippen LogP contribution is 2.33. The summed E-state index contributed by atoms with van der Waals surface area (Å²) in [5.41, 5.74) is -1.84. The molecule has 0 unspecified atom stereocenters. The Morgan fingerprint density at radius 3 is 2.33 bits per heavy atom. The van der Waals surface area contributed by atoms with E-state index in [0.29, 0.717) is 18.2 Å². The van der Waals surface area contributed by atoms with Crippen molar-refractivity contribution in [2.75, 3.05) is 24.7 Å². The Labute approximate surface area is 136 Å². The average molecular weight is 368 g/mol. The lowest BCUT2D eigenvalue weighted by molar-refractivity contribution is -0.137. The molecule has 24 heavy (non-hydrogen) atoms. The molecule has 0 radical (unpaired) electrons. The third kappa shape index (κ3) is 3.54. The van der Waals surface area contributed by atoms with Crippen molar-refractivity contribution >= 4 is 21.4 Å². The van der Waals surface area contributed by atoms with Crippen molar-refractivity contribution in [1.82, 2.24) is 5.32 Å². The topological polar surface area (TPSA) is 75.3 Å². The summed E-state index contributed by atoms with van der Waals surface area (Å²) < 4.78 is 74.3. The zero-order valence-electron chi connectivity index (χ0n) is 12.7. The molecule has 0 aliphatic carbocycles. The summed E-state index contributed by atoms with van der Waals surface area (Å²) >= 11 is 0. The Kier molecular flexibility index (Phi) is 4.91. The molecule has 1 aromatic rings. The molecule has 1 aromatic carbocycles. The number of amides is 1. The van der Waals surface area contributed by atoms with Gasteiger partial charge in [-0.25, -0.2) is 12.8 Å². The molecular weight excluding hydrogens is 352 g/mol. The van der Waals surface area contributed by atoms with E-state index in [-0.39, 0.29) is 25.9 Å². The number of piperidine rings is 1. The Morgan fingerprint density at radius 1 is 1.25 bits per heavy atom. The van der Waals surface area contributed by atoms with E-state index >= 15 is 0 Å². The van der Waals surface area contributed by atoms with E-state index < -0.39 is 43.7 Å². The van der Waals surface area contributed by atoms with Crippen LogP contribution < -0.4 is 10.6 Å². The number of anilines is 1. The van der Waals surface area contributed by atoms with Gasteiger partial charge in [0.15, 0.2) is 14.6 Å². The van der Waals surface area contributed by atoms with Gasteiger partial charge < -0.3 is 10.6 Å². The van der Waals surface area contributed by atoms with Gasteiger partial charge in [0.25, 0.3) is 0 Å². The average Bonchev–Trinajstić information content (AvgIpc) is 2.47. The van der Waals surface area contributed by atoms with Crippen molar-refractivity contribution in [1.29, 1.82) is 0 Å². The molecule has 1 saturated heterocycles. The van der Waals surface area contributed by atoms with Crippen molar-refractivity contribution in [3.8, 4) is 0 Å². The van der Waals surface area contributed by atoms with Gasteiger partial charge in [-0.3, -0.25) is 4.79 Å².